The molecule has 0 aromatic rings. The number of hydrogen-bond donors (Lipinski definition) is 1. The third-order valence-corrected chi connectivity index (χ3v) is 1.05. The summed E-state index contributed by atoms with van der Waals surface area (Å²) in [4.78, 5) is 9.93. The molecule has 0 saturated heterocycles. The molecular weight excluding hydrogens is 132 g/mol. The minimum atomic E-state index is -0.508. The van der Waals surface area contributed by atoms with Gasteiger partial charge in [-0.05, 0) is 13.0 Å². The molecule has 0 saturated carbocycles. The molecule has 56 valence electrons. The molecular formula is C6H10N2O2. The van der Waals surface area contributed by atoms with Crippen molar-refractivity contribution in [1.82, 2.24) is 0 Å². The predicted molar refractivity (Wildman–Crippen MR) is 39.1 cm³/mol. The minimum absolute atomic E-state index is 0.407. The monoisotopic (exact) mass is 142 g/mol. The van der Waals surface area contributed by atoms with Crippen molar-refractivity contribution in [2.75, 3.05) is 7.11 Å². The molecule has 0 bridgehead atoms. The first-order chi connectivity index (χ1) is 4.76. The SMILES string of the molecule is CO/C(=C/C=N)[C@H](C)N=O. The fourth-order valence-electron chi connectivity index (χ4n) is 0.512. The Morgan fingerprint density at radius 2 is 2.40 bits per heavy atom. The summed E-state index contributed by atoms with van der Waals surface area (Å²) in [6, 6.07) is -0.508. The van der Waals surface area contributed by atoms with Crippen LogP contribution >= 0.6 is 0 Å². The molecule has 1 N–H and O–H groups in total. The van der Waals surface area contributed by atoms with Gasteiger partial charge in [0, 0.05) is 6.21 Å². The van der Waals surface area contributed by atoms with Crippen LogP contribution < -0.4 is 0 Å². The number of rotatable bonds is 4. The number of nitrogens with zero attached hydrogens (tertiary/aromatic N) is 1. The summed E-state index contributed by atoms with van der Waals surface area (Å²) >= 11 is 0. The molecule has 1 atom stereocenters. The lowest BCUT2D eigenvalue weighted by Crippen LogP contribution is -2.03. The maximum atomic E-state index is 9.93. The fraction of sp³-hybridized carbons (Fsp3) is 0.500. The molecule has 0 unspecified atom stereocenters. The highest BCUT2D eigenvalue weighted by Crippen LogP contribution is 2.04. The van der Waals surface area contributed by atoms with Crippen LogP contribution in [-0.4, -0.2) is 19.4 Å². The number of allylic oxidation sites excluding steroid dienone is 1. The summed E-state index contributed by atoms with van der Waals surface area (Å²) in [7, 11) is 1.44. The van der Waals surface area contributed by atoms with E-state index >= 15 is 0 Å². The standard InChI is InChI=1S/C6H10N2O2/c1-5(8-9)6(10-2)3-4-7/h3-5,7H,1-2H3/b6-3+,7-4?/t5-/m0/s1. The van der Waals surface area contributed by atoms with Gasteiger partial charge in [0.25, 0.3) is 0 Å². The average molecular weight is 142 g/mol. The van der Waals surface area contributed by atoms with Gasteiger partial charge < -0.3 is 10.1 Å². The van der Waals surface area contributed by atoms with Crippen molar-refractivity contribution in [3.63, 3.8) is 0 Å². The molecule has 4 heteroatoms. The highest BCUT2D eigenvalue weighted by Gasteiger charge is 2.06. The van der Waals surface area contributed by atoms with Crippen LogP contribution in [0.4, 0.5) is 0 Å². The van der Waals surface area contributed by atoms with E-state index < -0.39 is 6.04 Å². The first kappa shape index (κ1) is 8.81. The maximum Gasteiger partial charge on any atom is 0.146 e. The van der Waals surface area contributed by atoms with Crippen LogP contribution in [0.15, 0.2) is 17.0 Å². The van der Waals surface area contributed by atoms with Crippen molar-refractivity contribution in [3.05, 3.63) is 16.7 Å². The summed E-state index contributed by atoms with van der Waals surface area (Å²) in [6.45, 7) is 1.60. The molecule has 10 heavy (non-hydrogen) atoms. The Balaban J connectivity index is 4.18. The van der Waals surface area contributed by atoms with Crippen LogP contribution in [0, 0.1) is 10.3 Å². The van der Waals surface area contributed by atoms with Crippen molar-refractivity contribution in [2.45, 2.75) is 13.0 Å². The lowest BCUT2D eigenvalue weighted by atomic mass is 10.3. The highest BCUT2D eigenvalue weighted by molar-refractivity contribution is 5.68. The van der Waals surface area contributed by atoms with Crippen LogP contribution in [0.3, 0.4) is 0 Å². The predicted octanol–water partition coefficient (Wildman–Crippen LogP) is 1.32. The third kappa shape index (κ3) is 2.39. The van der Waals surface area contributed by atoms with Gasteiger partial charge in [0.05, 0.1) is 7.11 Å². The summed E-state index contributed by atoms with van der Waals surface area (Å²) in [5.41, 5.74) is 0. The van der Waals surface area contributed by atoms with E-state index in [2.05, 4.69) is 5.18 Å². The Morgan fingerprint density at radius 1 is 1.80 bits per heavy atom. The lowest BCUT2D eigenvalue weighted by Gasteiger charge is -2.04. The molecule has 0 radical (unpaired) electrons. The highest BCUT2D eigenvalue weighted by atomic mass is 16.5. The van der Waals surface area contributed by atoms with E-state index in [-0.39, 0.29) is 0 Å². The summed E-state index contributed by atoms with van der Waals surface area (Å²) in [6.07, 6.45) is 2.45. The Hall–Kier alpha value is -1.19. The van der Waals surface area contributed by atoms with Crippen molar-refractivity contribution in [1.29, 1.82) is 5.41 Å². The van der Waals surface area contributed by atoms with Crippen molar-refractivity contribution < 1.29 is 4.74 Å². The summed E-state index contributed by atoms with van der Waals surface area (Å²) in [5.74, 6) is 0.407. The molecule has 0 rings (SSSR count). The van der Waals surface area contributed by atoms with E-state index in [4.69, 9.17) is 10.1 Å². The van der Waals surface area contributed by atoms with E-state index in [1.807, 2.05) is 0 Å². The van der Waals surface area contributed by atoms with Gasteiger partial charge in [-0.3, -0.25) is 0 Å². The summed E-state index contributed by atoms with van der Waals surface area (Å²) < 4.78 is 4.76. The summed E-state index contributed by atoms with van der Waals surface area (Å²) in [5, 5.41) is 9.41. The Morgan fingerprint density at radius 3 is 2.70 bits per heavy atom. The molecule has 0 spiro atoms. The number of methoxy groups -OCH3 is 1. The van der Waals surface area contributed by atoms with Gasteiger partial charge in [-0.2, -0.15) is 4.91 Å². The van der Waals surface area contributed by atoms with Gasteiger partial charge in [0.1, 0.15) is 11.8 Å². The zero-order chi connectivity index (χ0) is 7.98. The number of nitroso groups, excluding NO2 is 1. The van der Waals surface area contributed by atoms with Gasteiger partial charge >= 0.3 is 0 Å². The first-order valence-corrected chi connectivity index (χ1v) is 2.83. The second-order valence-corrected chi connectivity index (χ2v) is 1.72. The second-order valence-electron chi connectivity index (χ2n) is 1.72. The topological polar surface area (TPSA) is 62.5 Å². The van der Waals surface area contributed by atoms with Gasteiger partial charge in [-0.1, -0.05) is 5.18 Å². The zero-order valence-corrected chi connectivity index (χ0v) is 6.00. The Kier molecular flexibility index (Phi) is 4.11. The zero-order valence-electron chi connectivity index (χ0n) is 6.00. The van der Waals surface area contributed by atoms with Gasteiger partial charge in [-0.25, -0.2) is 0 Å². The van der Waals surface area contributed by atoms with Crippen LogP contribution in [-0.2, 0) is 4.74 Å². The van der Waals surface area contributed by atoms with Crippen LogP contribution in [0.5, 0.6) is 0 Å². The smallest absolute Gasteiger partial charge is 0.146 e. The molecule has 0 aromatic heterocycles. The second kappa shape index (κ2) is 4.67. The first-order valence-electron chi connectivity index (χ1n) is 2.83. The molecule has 4 nitrogen and oxygen atoms in total. The van der Waals surface area contributed by atoms with Crippen molar-refractivity contribution in [2.24, 2.45) is 5.18 Å². The van der Waals surface area contributed by atoms with Crippen molar-refractivity contribution in [3.8, 4) is 0 Å². The quantitative estimate of drug-likeness (QED) is 0.365. The average Bonchev–Trinajstić information content (AvgIpc) is 1.99. The van der Waals surface area contributed by atoms with E-state index in [0.717, 1.165) is 6.21 Å². The van der Waals surface area contributed by atoms with Crippen LogP contribution in [0.2, 0.25) is 0 Å². The largest absolute Gasteiger partial charge is 0.499 e. The molecule has 0 amide bonds. The number of nitrogens with one attached hydrogen (secondary N) is 1. The molecule has 0 aliphatic heterocycles. The third-order valence-electron chi connectivity index (χ3n) is 1.05. The Bertz CT molecular complexity index is 154. The van der Waals surface area contributed by atoms with Crippen molar-refractivity contribution >= 4 is 6.21 Å². The van der Waals surface area contributed by atoms with E-state index in [1.165, 1.54) is 13.2 Å². The van der Waals surface area contributed by atoms with Crippen LogP contribution in [0.1, 0.15) is 6.92 Å². The molecule has 0 fully saturated rings. The Labute approximate surface area is 59.4 Å². The van der Waals surface area contributed by atoms with Crippen LogP contribution in [0.25, 0.3) is 0 Å². The molecule has 0 aliphatic carbocycles. The normalized spacial score (nSPS) is 14.0. The fourth-order valence-corrected chi connectivity index (χ4v) is 0.512. The van der Waals surface area contributed by atoms with Gasteiger partial charge in [0.2, 0.25) is 0 Å². The lowest BCUT2D eigenvalue weighted by molar-refractivity contribution is 0.269. The number of ether oxygens (including phenoxy) is 1. The molecule has 0 aliphatic rings. The van der Waals surface area contributed by atoms with E-state index in [1.54, 1.807) is 6.92 Å². The maximum absolute atomic E-state index is 9.93. The minimum Gasteiger partial charge on any atom is -0.499 e. The van der Waals surface area contributed by atoms with Gasteiger partial charge in [0.15, 0.2) is 0 Å². The number of hydrogen-bond acceptors (Lipinski definition) is 4. The van der Waals surface area contributed by atoms with E-state index in [0.29, 0.717) is 5.76 Å². The molecule has 0 heterocycles. The van der Waals surface area contributed by atoms with Gasteiger partial charge in [-0.15, -0.1) is 0 Å². The molecule has 0 aromatic carbocycles. The van der Waals surface area contributed by atoms with E-state index in [9.17, 15) is 4.91 Å².